The minimum atomic E-state index is -0.255. The maximum absolute atomic E-state index is 11.7. The van der Waals surface area contributed by atoms with Crippen LogP contribution in [0, 0.1) is 11.1 Å². The number of hydrazine groups is 1. The van der Waals surface area contributed by atoms with Crippen LogP contribution in [-0.2, 0) is 4.84 Å². The summed E-state index contributed by atoms with van der Waals surface area (Å²) in [7, 11) is 1.72. The number of hydrogen-bond acceptors (Lipinski definition) is 3. The Morgan fingerprint density at radius 3 is 2.28 bits per heavy atom. The van der Waals surface area contributed by atoms with Crippen molar-refractivity contribution in [3.8, 4) is 0 Å². The van der Waals surface area contributed by atoms with Gasteiger partial charge in [0.1, 0.15) is 6.10 Å². The van der Waals surface area contributed by atoms with Gasteiger partial charge in [-0.2, -0.15) is 0 Å². The van der Waals surface area contributed by atoms with Crippen LogP contribution in [0.3, 0.4) is 0 Å². The molecule has 0 N–H and O–H groups in total. The summed E-state index contributed by atoms with van der Waals surface area (Å²) < 4.78 is 0. The van der Waals surface area contributed by atoms with E-state index < -0.39 is 0 Å². The third-order valence-electron chi connectivity index (χ3n) is 3.86. The monoisotopic (exact) mass is 257 g/mol. The van der Waals surface area contributed by atoms with Crippen molar-refractivity contribution >= 4 is 0 Å². The average Bonchev–Trinajstić information content (AvgIpc) is 2.34. The fraction of sp³-hybridized carbons (Fsp3) is 1.00. The van der Waals surface area contributed by atoms with E-state index in [1.54, 1.807) is 7.05 Å². The maximum atomic E-state index is 11.7. The Balaban J connectivity index is 2.40. The highest BCUT2D eigenvalue weighted by Crippen LogP contribution is 2.28. The maximum Gasteiger partial charge on any atom is 0.233 e. The number of hydrogen-bond donors (Lipinski definition) is 0. The molecule has 106 valence electrons. The molecule has 0 amide bonds. The second-order valence-electron chi connectivity index (χ2n) is 6.19. The van der Waals surface area contributed by atoms with Crippen LogP contribution < -0.4 is 0 Å². The Morgan fingerprint density at radius 1 is 1.28 bits per heavy atom. The van der Waals surface area contributed by atoms with Gasteiger partial charge in [0, 0.05) is 0 Å². The van der Waals surface area contributed by atoms with Gasteiger partial charge >= 0.3 is 0 Å². The van der Waals surface area contributed by atoms with Gasteiger partial charge in [0.15, 0.2) is 0 Å². The van der Waals surface area contributed by atoms with Gasteiger partial charge in [-0.1, -0.05) is 13.3 Å². The van der Waals surface area contributed by atoms with E-state index >= 15 is 0 Å². The average molecular weight is 257 g/mol. The van der Waals surface area contributed by atoms with E-state index in [2.05, 4.69) is 12.2 Å². The van der Waals surface area contributed by atoms with Crippen LogP contribution >= 0.6 is 0 Å². The molecule has 0 spiro atoms. The third-order valence-corrected chi connectivity index (χ3v) is 3.86. The molecule has 0 saturated heterocycles. The molecule has 0 aromatic heterocycles. The van der Waals surface area contributed by atoms with Crippen LogP contribution in [0.2, 0.25) is 0 Å². The van der Waals surface area contributed by atoms with E-state index in [4.69, 9.17) is 4.84 Å². The van der Waals surface area contributed by atoms with E-state index in [0.717, 1.165) is 18.8 Å². The molecule has 1 rings (SSSR count). The largest absolute Gasteiger partial charge is 0.569 e. The predicted octanol–water partition coefficient (Wildman–Crippen LogP) is 3.49. The zero-order valence-corrected chi connectivity index (χ0v) is 12.3. The summed E-state index contributed by atoms with van der Waals surface area (Å²) in [6.45, 7) is 8.10. The normalized spacial score (nSPS) is 25.9. The molecular formula is C13H27N3O2. The summed E-state index contributed by atoms with van der Waals surface area (Å²) in [4.78, 5) is 5.90. The molecule has 0 heterocycles. The highest BCUT2D eigenvalue weighted by Gasteiger charge is 2.26. The van der Waals surface area contributed by atoms with Gasteiger partial charge in [0.2, 0.25) is 5.28 Å². The zero-order valence-electron chi connectivity index (χ0n) is 12.3. The molecule has 0 atom stereocenters. The van der Waals surface area contributed by atoms with Crippen molar-refractivity contribution < 1.29 is 9.81 Å². The molecule has 1 fully saturated rings. The predicted molar refractivity (Wildman–Crippen MR) is 70.7 cm³/mol. The first-order valence-electron chi connectivity index (χ1n) is 6.92. The first-order chi connectivity index (χ1) is 8.34. The lowest BCUT2D eigenvalue weighted by atomic mass is 9.86. The molecule has 5 nitrogen and oxygen atoms in total. The molecule has 0 aromatic rings. The minimum absolute atomic E-state index is 0.109. The lowest BCUT2D eigenvalue weighted by Gasteiger charge is -2.28. The standard InChI is InChI=1S/C13H27N3O2/c1-6-11-7-9-12(10-8-11)18-14-16(17)15(5)13(2,3)4/h11-12H,6-10H2,1-5H3/b16-14-. The van der Waals surface area contributed by atoms with Crippen molar-refractivity contribution in [2.24, 2.45) is 11.2 Å². The van der Waals surface area contributed by atoms with Crippen molar-refractivity contribution in [2.75, 3.05) is 7.05 Å². The van der Waals surface area contributed by atoms with Crippen LogP contribution in [0.1, 0.15) is 59.8 Å². The zero-order chi connectivity index (χ0) is 13.8. The molecule has 18 heavy (non-hydrogen) atoms. The molecule has 1 aliphatic rings. The van der Waals surface area contributed by atoms with Gasteiger partial charge in [-0.05, 0) is 52.4 Å². The van der Waals surface area contributed by atoms with Crippen LogP contribution in [-0.4, -0.2) is 28.7 Å². The smallest absolute Gasteiger partial charge is 0.233 e. The second-order valence-corrected chi connectivity index (χ2v) is 6.19. The fourth-order valence-electron chi connectivity index (χ4n) is 2.06. The Kier molecular flexibility index (Phi) is 5.23. The Bertz CT molecular complexity index is 278. The highest BCUT2D eigenvalue weighted by atomic mass is 16.7. The Morgan fingerprint density at radius 2 is 1.83 bits per heavy atom. The van der Waals surface area contributed by atoms with E-state index in [-0.39, 0.29) is 11.6 Å². The summed E-state index contributed by atoms with van der Waals surface area (Å²) in [6.07, 6.45) is 5.74. The molecular weight excluding hydrogens is 230 g/mol. The molecule has 0 unspecified atom stereocenters. The summed E-state index contributed by atoms with van der Waals surface area (Å²) in [5.74, 6) is 0.824. The van der Waals surface area contributed by atoms with Gasteiger partial charge in [-0.15, -0.1) is 5.01 Å². The van der Waals surface area contributed by atoms with Gasteiger partial charge in [-0.25, -0.2) is 0 Å². The number of nitrogens with zero attached hydrogens (tertiary/aromatic N) is 3. The van der Waals surface area contributed by atoms with Gasteiger partial charge < -0.3 is 10.0 Å². The van der Waals surface area contributed by atoms with Gasteiger partial charge in [0.25, 0.3) is 0 Å². The second kappa shape index (κ2) is 6.25. The first-order valence-corrected chi connectivity index (χ1v) is 6.92. The van der Waals surface area contributed by atoms with Crippen molar-refractivity contribution in [1.29, 1.82) is 0 Å². The molecule has 1 aliphatic carbocycles. The summed E-state index contributed by atoms with van der Waals surface area (Å²) in [5.41, 5.74) is -0.255. The molecule has 0 aromatic carbocycles. The Labute approximate surface area is 110 Å². The third kappa shape index (κ3) is 4.35. The molecule has 0 radical (unpaired) electrons. The van der Waals surface area contributed by atoms with E-state index in [1.165, 1.54) is 24.3 Å². The topological polar surface area (TPSA) is 50.9 Å². The van der Waals surface area contributed by atoms with Crippen LogP contribution in [0.25, 0.3) is 0 Å². The molecule has 1 saturated carbocycles. The summed E-state index contributed by atoms with van der Waals surface area (Å²) >= 11 is 0. The van der Waals surface area contributed by atoms with Crippen molar-refractivity contribution in [2.45, 2.75) is 71.4 Å². The quantitative estimate of drug-likeness (QED) is 0.440. The number of rotatable bonds is 4. The van der Waals surface area contributed by atoms with Gasteiger partial charge in [-0.3, -0.25) is 0 Å². The summed E-state index contributed by atoms with van der Waals surface area (Å²) in [6, 6.07) is 0. The van der Waals surface area contributed by atoms with Crippen molar-refractivity contribution in [3.05, 3.63) is 5.21 Å². The lowest BCUT2D eigenvalue weighted by Crippen LogP contribution is -2.42. The molecule has 0 bridgehead atoms. The Hall–Kier alpha value is -1.00. The van der Waals surface area contributed by atoms with Crippen LogP contribution in [0.4, 0.5) is 0 Å². The van der Waals surface area contributed by atoms with E-state index in [0.29, 0.717) is 4.97 Å². The molecule has 0 aliphatic heterocycles. The van der Waals surface area contributed by atoms with Crippen LogP contribution in [0.15, 0.2) is 5.28 Å². The van der Waals surface area contributed by atoms with E-state index in [9.17, 15) is 5.21 Å². The fourth-order valence-corrected chi connectivity index (χ4v) is 2.06. The van der Waals surface area contributed by atoms with Gasteiger partial charge in [0.05, 0.1) is 17.6 Å². The minimum Gasteiger partial charge on any atom is -0.569 e. The van der Waals surface area contributed by atoms with Crippen molar-refractivity contribution in [1.82, 2.24) is 5.01 Å². The SMILES string of the molecule is CCC1CCC(O/N=[N+](\[O-])N(C)C(C)(C)C)CC1. The summed E-state index contributed by atoms with van der Waals surface area (Å²) in [5, 5.41) is 16.9. The molecule has 5 heteroatoms. The van der Waals surface area contributed by atoms with Crippen LogP contribution in [0.5, 0.6) is 0 Å². The first kappa shape index (κ1) is 15.1. The van der Waals surface area contributed by atoms with Crippen molar-refractivity contribution in [3.63, 3.8) is 0 Å². The highest BCUT2D eigenvalue weighted by molar-refractivity contribution is 4.71. The lowest BCUT2D eigenvalue weighted by molar-refractivity contribution is -0.720. The van der Waals surface area contributed by atoms with E-state index in [1.807, 2.05) is 20.8 Å².